The number of hydrogen-bond acceptors (Lipinski definition) is 2. The molecule has 1 aliphatic carbocycles. The van der Waals surface area contributed by atoms with E-state index < -0.39 is 0 Å². The van der Waals surface area contributed by atoms with E-state index in [0.717, 1.165) is 12.2 Å². The van der Waals surface area contributed by atoms with E-state index in [4.69, 9.17) is 4.74 Å². The molecule has 1 aromatic rings. The van der Waals surface area contributed by atoms with Gasteiger partial charge in [0, 0.05) is 5.92 Å². The summed E-state index contributed by atoms with van der Waals surface area (Å²) in [5.41, 5.74) is 1.25. The first-order chi connectivity index (χ1) is 7.36. The van der Waals surface area contributed by atoms with Crippen LogP contribution in [-0.4, -0.2) is 17.8 Å². The van der Waals surface area contributed by atoms with Crippen LogP contribution in [0.15, 0.2) is 36.4 Å². The maximum Gasteiger partial charge on any atom is 0.122 e. The summed E-state index contributed by atoms with van der Waals surface area (Å²) in [6.07, 6.45) is 4.63. The molecule has 0 saturated heterocycles. The number of ether oxygens (including phenoxy) is 1. The van der Waals surface area contributed by atoms with Gasteiger partial charge in [0.25, 0.3) is 0 Å². The van der Waals surface area contributed by atoms with Crippen LogP contribution in [0.3, 0.4) is 0 Å². The zero-order valence-electron chi connectivity index (χ0n) is 8.47. The Balaban J connectivity index is 2.03. The maximum absolute atomic E-state index is 9.86. The standard InChI is InChI=1S/C13H14O2/c14-12-6-3-5-9-10-4-1-2-7-13(10)15-8-11(9)12/h1-4,6-7,9,11-12,14H,5,8H2/t9-,11+,12+/m0/s1. The van der Waals surface area contributed by atoms with Gasteiger partial charge in [0.05, 0.1) is 12.7 Å². The third-order valence-electron chi connectivity index (χ3n) is 3.43. The number of rotatable bonds is 0. The van der Waals surface area contributed by atoms with E-state index in [1.165, 1.54) is 5.56 Å². The lowest BCUT2D eigenvalue weighted by molar-refractivity contribution is 0.0714. The van der Waals surface area contributed by atoms with Gasteiger partial charge in [-0.1, -0.05) is 30.4 Å². The van der Waals surface area contributed by atoms with Crippen molar-refractivity contribution in [3.63, 3.8) is 0 Å². The van der Waals surface area contributed by atoms with Crippen LogP contribution in [-0.2, 0) is 0 Å². The van der Waals surface area contributed by atoms with Crippen molar-refractivity contribution in [3.05, 3.63) is 42.0 Å². The molecule has 1 heterocycles. The second-order valence-electron chi connectivity index (χ2n) is 4.27. The number of allylic oxidation sites excluding steroid dienone is 1. The molecule has 0 unspecified atom stereocenters. The van der Waals surface area contributed by atoms with Crippen LogP contribution < -0.4 is 4.74 Å². The Morgan fingerprint density at radius 3 is 3.07 bits per heavy atom. The molecule has 78 valence electrons. The minimum atomic E-state index is -0.350. The maximum atomic E-state index is 9.86. The van der Waals surface area contributed by atoms with Crippen LogP contribution in [0.5, 0.6) is 5.75 Å². The highest BCUT2D eigenvalue weighted by Crippen LogP contribution is 2.42. The average Bonchev–Trinajstić information content (AvgIpc) is 2.29. The van der Waals surface area contributed by atoms with E-state index in [2.05, 4.69) is 12.1 Å². The highest BCUT2D eigenvalue weighted by molar-refractivity contribution is 5.39. The lowest BCUT2D eigenvalue weighted by Crippen LogP contribution is -2.36. The predicted octanol–water partition coefficient (Wildman–Crippen LogP) is 2.10. The van der Waals surface area contributed by atoms with Crippen molar-refractivity contribution in [2.45, 2.75) is 18.4 Å². The molecule has 3 atom stereocenters. The third kappa shape index (κ3) is 1.37. The van der Waals surface area contributed by atoms with Gasteiger partial charge in [-0.2, -0.15) is 0 Å². The van der Waals surface area contributed by atoms with E-state index in [9.17, 15) is 5.11 Å². The lowest BCUT2D eigenvalue weighted by atomic mass is 9.76. The van der Waals surface area contributed by atoms with Crippen molar-refractivity contribution < 1.29 is 9.84 Å². The van der Waals surface area contributed by atoms with Crippen molar-refractivity contribution in [1.82, 2.24) is 0 Å². The summed E-state index contributed by atoms with van der Waals surface area (Å²) in [5, 5.41) is 9.86. The molecule has 0 aromatic heterocycles. The third-order valence-corrected chi connectivity index (χ3v) is 3.43. The van der Waals surface area contributed by atoms with Crippen LogP contribution in [0.25, 0.3) is 0 Å². The average molecular weight is 202 g/mol. The van der Waals surface area contributed by atoms with Gasteiger partial charge >= 0.3 is 0 Å². The molecule has 0 bridgehead atoms. The van der Waals surface area contributed by atoms with Gasteiger partial charge in [0.1, 0.15) is 5.75 Å². The molecular formula is C13H14O2. The number of hydrogen-bond donors (Lipinski definition) is 1. The summed E-state index contributed by atoms with van der Waals surface area (Å²) in [6.45, 7) is 0.632. The fourth-order valence-electron chi connectivity index (χ4n) is 2.60. The number of benzene rings is 1. The molecule has 0 fully saturated rings. The molecule has 1 N–H and O–H groups in total. The number of para-hydroxylation sites is 1. The monoisotopic (exact) mass is 202 g/mol. The van der Waals surface area contributed by atoms with E-state index in [1.807, 2.05) is 24.3 Å². The van der Waals surface area contributed by atoms with Gasteiger partial charge < -0.3 is 9.84 Å². The summed E-state index contributed by atoms with van der Waals surface area (Å²) in [4.78, 5) is 0. The molecule has 2 nitrogen and oxygen atoms in total. The van der Waals surface area contributed by atoms with E-state index >= 15 is 0 Å². The van der Waals surface area contributed by atoms with Crippen molar-refractivity contribution in [3.8, 4) is 5.75 Å². The number of fused-ring (bicyclic) bond motifs is 3. The Labute approximate surface area is 89.2 Å². The van der Waals surface area contributed by atoms with Crippen LogP contribution in [0.4, 0.5) is 0 Å². The molecule has 15 heavy (non-hydrogen) atoms. The second-order valence-corrected chi connectivity index (χ2v) is 4.27. The van der Waals surface area contributed by atoms with Crippen LogP contribution in [0.1, 0.15) is 17.9 Å². The first-order valence-corrected chi connectivity index (χ1v) is 5.43. The topological polar surface area (TPSA) is 29.5 Å². The largest absolute Gasteiger partial charge is 0.493 e. The Hall–Kier alpha value is -1.28. The molecule has 2 heteroatoms. The fourth-order valence-corrected chi connectivity index (χ4v) is 2.60. The smallest absolute Gasteiger partial charge is 0.122 e. The summed E-state index contributed by atoms with van der Waals surface area (Å²) in [7, 11) is 0. The van der Waals surface area contributed by atoms with Gasteiger partial charge in [-0.25, -0.2) is 0 Å². The van der Waals surface area contributed by atoms with Crippen molar-refractivity contribution in [2.75, 3.05) is 6.61 Å². The molecule has 0 radical (unpaired) electrons. The molecule has 0 amide bonds. The van der Waals surface area contributed by atoms with Gasteiger partial charge in [0.2, 0.25) is 0 Å². The lowest BCUT2D eigenvalue weighted by Gasteiger charge is -2.37. The highest BCUT2D eigenvalue weighted by atomic mass is 16.5. The quantitative estimate of drug-likeness (QED) is 0.653. The summed E-state index contributed by atoms with van der Waals surface area (Å²) < 4.78 is 5.67. The first-order valence-electron chi connectivity index (χ1n) is 5.43. The van der Waals surface area contributed by atoms with Crippen molar-refractivity contribution >= 4 is 0 Å². The van der Waals surface area contributed by atoms with Crippen molar-refractivity contribution in [1.29, 1.82) is 0 Å². The molecule has 0 saturated carbocycles. The normalized spacial score (nSPS) is 32.7. The predicted molar refractivity (Wildman–Crippen MR) is 57.9 cm³/mol. The Morgan fingerprint density at radius 2 is 2.13 bits per heavy atom. The molecule has 1 aliphatic heterocycles. The Morgan fingerprint density at radius 1 is 1.27 bits per heavy atom. The summed E-state index contributed by atoms with van der Waals surface area (Å²) >= 11 is 0. The number of aliphatic hydroxyl groups is 1. The summed E-state index contributed by atoms with van der Waals surface area (Å²) in [6, 6.07) is 8.15. The SMILES string of the molecule is O[C@@H]1C=CC[C@H]2c3ccccc3OC[C@@H]12. The minimum Gasteiger partial charge on any atom is -0.493 e. The molecular weight excluding hydrogens is 188 g/mol. The van der Waals surface area contributed by atoms with Crippen molar-refractivity contribution in [2.24, 2.45) is 5.92 Å². The van der Waals surface area contributed by atoms with Gasteiger partial charge in [-0.15, -0.1) is 0 Å². The van der Waals surface area contributed by atoms with Gasteiger partial charge in [0.15, 0.2) is 0 Å². The van der Waals surface area contributed by atoms with Gasteiger partial charge in [-0.05, 0) is 24.0 Å². The summed E-state index contributed by atoms with van der Waals surface area (Å²) in [5.74, 6) is 1.64. The van der Waals surface area contributed by atoms with Crippen LogP contribution in [0, 0.1) is 5.92 Å². The molecule has 1 aromatic carbocycles. The van der Waals surface area contributed by atoms with Crippen LogP contribution in [0.2, 0.25) is 0 Å². The minimum absolute atomic E-state index is 0.227. The van der Waals surface area contributed by atoms with E-state index in [0.29, 0.717) is 12.5 Å². The molecule has 3 rings (SSSR count). The van der Waals surface area contributed by atoms with E-state index in [1.54, 1.807) is 0 Å². The fraction of sp³-hybridized carbons (Fsp3) is 0.385. The second kappa shape index (κ2) is 3.38. The molecule has 2 aliphatic rings. The highest BCUT2D eigenvalue weighted by Gasteiger charge is 2.35. The zero-order valence-corrected chi connectivity index (χ0v) is 8.47. The Kier molecular flexibility index (Phi) is 2.03. The van der Waals surface area contributed by atoms with E-state index in [-0.39, 0.29) is 12.0 Å². The Bertz CT molecular complexity index is 397. The number of aliphatic hydroxyl groups excluding tert-OH is 1. The van der Waals surface area contributed by atoms with Crippen LogP contribution >= 0.6 is 0 Å². The van der Waals surface area contributed by atoms with Gasteiger partial charge in [-0.3, -0.25) is 0 Å². The first kappa shape index (κ1) is 8.98. The molecule has 0 spiro atoms. The zero-order chi connectivity index (χ0) is 10.3.